The molecule has 2 aromatic carbocycles. The highest BCUT2D eigenvalue weighted by molar-refractivity contribution is 6.01. The van der Waals surface area contributed by atoms with Crippen LogP contribution in [0.4, 0.5) is 0 Å². The molecular formula is C17H11N5O4. The van der Waals surface area contributed by atoms with Gasteiger partial charge in [0.05, 0.1) is 10.8 Å². The van der Waals surface area contributed by atoms with Crippen LogP contribution in [0.15, 0.2) is 58.1 Å². The molecule has 4 rings (SSSR count). The van der Waals surface area contributed by atoms with E-state index in [1.54, 1.807) is 36.4 Å². The number of rotatable bonds is 3. The second-order valence-electron chi connectivity index (χ2n) is 5.56. The van der Waals surface area contributed by atoms with Crippen LogP contribution in [0.5, 0.6) is 0 Å². The fourth-order valence-corrected chi connectivity index (χ4v) is 2.73. The van der Waals surface area contributed by atoms with Crippen LogP contribution in [-0.2, 0) is 6.67 Å². The molecule has 0 bridgehead atoms. The molecule has 0 aliphatic carbocycles. The molecule has 128 valence electrons. The fourth-order valence-electron chi connectivity index (χ4n) is 2.73. The van der Waals surface area contributed by atoms with Gasteiger partial charge in [-0.1, -0.05) is 35.5 Å². The highest BCUT2D eigenvalue weighted by atomic mass is 16.4. The van der Waals surface area contributed by atoms with Crippen molar-refractivity contribution in [3.8, 4) is 0 Å². The molecule has 1 N–H and O–H groups in total. The predicted octanol–water partition coefficient (Wildman–Crippen LogP) is 0.705. The summed E-state index contributed by atoms with van der Waals surface area (Å²) < 4.78 is 1.87. The number of carbonyl (C=O) groups is 1. The molecule has 0 atom stereocenters. The summed E-state index contributed by atoms with van der Waals surface area (Å²) in [5, 5.41) is 21.8. The van der Waals surface area contributed by atoms with Gasteiger partial charge in [0.2, 0.25) is 0 Å². The average Bonchev–Trinajstić information content (AvgIpc) is 2.66. The first-order chi connectivity index (χ1) is 12.6. The van der Waals surface area contributed by atoms with Gasteiger partial charge in [-0.05, 0) is 18.2 Å². The van der Waals surface area contributed by atoms with Crippen LogP contribution < -0.4 is 11.1 Å². The Hall–Kier alpha value is -3.88. The first-order valence-corrected chi connectivity index (χ1v) is 7.62. The zero-order valence-electron chi connectivity index (χ0n) is 13.2. The van der Waals surface area contributed by atoms with Gasteiger partial charge in [0.25, 0.3) is 11.1 Å². The third-order valence-corrected chi connectivity index (χ3v) is 3.97. The molecule has 2 heterocycles. The summed E-state index contributed by atoms with van der Waals surface area (Å²) in [6.45, 7) is -0.347. The Morgan fingerprint density at radius 2 is 1.50 bits per heavy atom. The van der Waals surface area contributed by atoms with E-state index in [1.807, 2.05) is 0 Å². The lowest BCUT2D eigenvalue weighted by molar-refractivity contribution is 0.0689. The maximum Gasteiger partial charge on any atom is 0.357 e. The summed E-state index contributed by atoms with van der Waals surface area (Å²) in [4.78, 5) is 36.7. The summed E-state index contributed by atoms with van der Waals surface area (Å²) >= 11 is 0. The summed E-state index contributed by atoms with van der Waals surface area (Å²) in [6, 6.07) is 12.9. The number of aromatic nitrogens is 5. The van der Waals surface area contributed by atoms with Crippen LogP contribution in [0.2, 0.25) is 0 Å². The molecule has 0 saturated heterocycles. The number of carboxylic acids is 1. The van der Waals surface area contributed by atoms with E-state index in [-0.39, 0.29) is 23.1 Å². The molecular weight excluding hydrogens is 338 g/mol. The van der Waals surface area contributed by atoms with E-state index < -0.39 is 17.1 Å². The minimum absolute atomic E-state index is 0.196. The lowest BCUT2D eigenvalue weighted by atomic mass is 10.1. The van der Waals surface area contributed by atoms with Crippen LogP contribution >= 0.6 is 0 Å². The maximum absolute atomic E-state index is 12.6. The second kappa shape index (κ2) is 5.88. The van der Waals surface area contributed by atoms with E-state index in [9.17, 15) is 19.5 Å². The molecule has 0 aliphatic rings. The molecule has 0 fully saturated rings. The Kier molecular flexibility index (Phi) is 3.54. The fraction of sp³-hybridized carbons (Fsp3) is 0.0588. The molecule has 0 saturated carbocycles. The van der Waals surface area contributed by atoms with Gasteiger partial charge in [0.1, 0.15) is 12.2 Å². The average molecular weight is 349 g/mol. The zero-order valence-corrected chi connectivity index (χ0v) is 13.2. The van der Waals surface area contributed by atoms with Crippen LogP contribution in [-0.4, -0.2) is 35.9 Å². The quantitative estimate of drug-likeness (QED) is 0.578. The molecule has 0 aliphatic heterocycles. The summed E-state index contributed by atoms with van der Waals surface area (Å²) in [5.41, 5.74) is -0.817. The topological polar surface area (TPSA) is 120 Å². The van der Waals surface area contributed by atoms with Crippen molar-refractivity contribution in [2.24, 2.45) is 0 Å². The van der Waals surface area contributed by atoms with Gasteiger partial charge in [-0.25, -0.2) is 9.48 Å². The molecule has 9 nitrogen and oxygen atoms in total. The maximum atomic E-state index is 12.6. The number of aromatic carboxylic acids is 1. The van der Waals surface area contributed by atoms with Gasteiger partial charge < -0.3 is 5.11 Å². The van der Waals surface area contributed by atoms with Gasteiger partial charge in [0.15, 0.2) is 5.69 Å². The van der Waals surface area contributed by atoms with Crippen molar-refractivity contribution in [1.82, 2.24) is 24.8 Å². The Bertz CT molecular complexity index is 1290. The van der Waals surface area contributed by atoms with Crippen molar-refractivity contribution >= 4 is 27.6 Å². The third-order valence-electron chi connectivity index (χ3n) is 3.97. The Morgan fingerprint density at radius 1 is 0.885 bits per heavy atom. The Balaban J connectivity index is 1.92. The second-order valence-corrected chi connectivity index (χ2v) is 5.56. The Labute approximate surface area is 144 Å². The largest absolute Gasteiger partial charge is 0.476 e. The summed E-state index contributed by atoms with van der Waals surface area (Å²) in [6.07, 6.45) is 0. The number of nitrogens with zero attached hydrogens (tertiary/aromatic N) is 5. The smallest absolute Gasteiger partial charge is 0.357 e. The number of fused-ring (bicyclic) bond motifs is 2. The van der Waals surface area contributed by atoms with E-state index in [0.717, 1.165) is 9.36 Å². The summed E-state index contributed by atoms with van der Waals surface area (Å²) in [7, 11) is 0. The van der Waals surface area contributed by atoms with Gasteiger partial charge in [-0.2, -0.15) is 9.78 Å². The van der Waals surface area contributed by atoms with Gasteiger partial charge >= 0.3 is 5.97 Å². The highest BCUT2D eigenvalue weighted by Gasteiger charge is 2.16. The number of carboxylic acid groups (broad SMARTS) is 1. The predicted molar refractivity (Wildman–Crippen MR) is 92.2 cm³/mol. The molecule has 9 heteroatoms. The number of benzene rings is 2. The number of hydrogen-bond acceptors (Lipinski definition) is 6. The van der Waals surface area contributed by atoms with Crippen molar-refractivity contribution in [2.45, 2.75) is 6.67 Å². The van der Waals surface area contributed by atoms with Crippen molar-refractivity contribution in [3.63, 3.8) is 0 Å². The van der Waals surface area contributed by atoms with Crippen molar-refractivity contribution in [3.05, 3.63) is 74.9 Å². The molecule has 26 heavy (non-hydrogen) atoms. The third kappa shape index (κ3) is 2.42. The monoisotopic (exact) mass is 349 g/mol. The minimum Gasteiger partial charge on any atom is -0.476 e. The normalized spacial score (nSPS) is 11.1. The SMILES string of the molecule is O=C(O)c1nn(Cn2nnc3ccccc3c2=O)c(=O)c2ccccc12. The van der Waals surface area contributed by atoms with E-state index in [1.165, 1.54) is 12.1 Å². The van der Waals surface area contributed by atoms with Crippen LogP contribution in [0.3, 0.4) is 0 Å². The standard InChI is InChI=1S/C17H11N5O4/c23-15-11-6-2-1-5-10(11)14(17(25)26)19-21(15)9-22-16(24)12-7-3-4-8-13(12)18-20-22/h1-8H,9H2,(H,25,26). The van der Waals surface area contributed by atoms with Gasteiger partial charge in [-0.15, -0.1) is 5.10 Å². The van der Waals surface area contributed by atoms with Crippen molar-refractivity contribution in [2.75, 3.05) is 0 Å². The Morgan fingerprint density at radius 3 is 2.23 bits per heavy atom. The van der Waals surface area contributed by atoms with Crippen LogP contribution in [0.25, 0.3) is 21.7 Å². The lowest BCUT2D eigenvalue weighted by Gasteiger charge is -2.09. The molecule has 0 spiro atoms. The van der Waals surface area contributed by atoms with Crippen molar-refractivity contribution in [1.29, 1.82) is 0 Å². The first-order valence-electron chi connectivity index (χ1n) is 7.62. The van der Waals surface area contributed by atoms with Crippen molar-refractivity contribution < 1.29 is 9.90 Å². The van der Waals surface area contributed by atoms with Crippen LogP contribution in [0, 0.1) is 0 Å². The molecule has 0 amide bonds. The van der Waals surface area contributed by atoms with Gasteiger partial charge in [-0.3, -0.25) is 9.59 Å². The summed E-state index contributed by atoms with van der Waals surface area (Å²) in [5.74, 6) is -1.27. The first kappa shape index (κ1) is 15.6. The minimum atomic E-state index is -1.27. The van der Waals surface area contributed by atoms with E-state index in [0.29, 0.717) is 10.9 Å². The molecule has 2 aromatic heterocycles. The van der Waals surface area contributed by atoms with Crippen LogP contribution in [0.1, 0.15) is 10.5 Å². The molecule has 0 unspecified atom stereocenters. The van der Waals surface area contributed by atoms with E-state index >= 15 is 0 Å². The van der Waals surface area contributed by atoms with Gasteiger partial charge in [0, 0.05) is 5.39 Å². The van der Waals surface area contributed by atoms with E-state index in [4.69, 9.17) is 0 Å². The molecule has 0 radical (unpaired) electrons. The number of hydrogen-bond donors (Lipinski definition) is 1. The zero-order chi connectivity index (χ0) is 18.3. The highest BCUT2D eigenvalue weighted by Crippen LogP contribution is 2.13. The molecule has 4 aromatic rings. The lowest BCUT2D eigenvalue weighted by Crippen LogP contribution is -2.34. The van der Waals surface area contributed by atoms with E-state index in [2.05, 4.69) is 15.4 Å².